The summed E-state index contributed by atoms with van der Waals surface area (Å²) in [4.78, 5) is 13.1. The predicted octanol–water partition coefficient (Wildman–Crippen LogP) is 5.88. The van der Waals surface area contributed by atoms with E-state index < -0.39 is 24.4 Å². The van der Waals surface area contributed by atoms with Crippen molar-refractivity contribution in [2.45, 2.75) is 78.4 Å². The molecular weight excluding hydrogens is 577 g/mol. The zero-order valence-electron chi connectivity index (χ0n) is 26.7. The number of carbonyl (C=O) groups is 1. The molecule has 0 saturated heterocycles. The standard InChI is InChI=1S/C33H49F3N2O6/c1-21(2)25(16-23-12-13-30(42-6)31(17-23)43-15-9-14-41-5)18-27(37)28(39)19-26(22(3)4)32(40)38-20-24-10-7-8-11-29(24)44-33(34,35)36/h7-8,10-13,17,21-22,25-28,39H,9,14-16,18-20,37H2,1-6H3,(H,38,40)/t25-,26-,27-,28-/m0/s1. The van der Waals surface area contributed by atoms with Crippen molar-refractivity contribution in [3.8, 4) is 17.2 Å². The van der Waals surface area contributed by atoms with Crippen LogP contribution in [0.15, 0.2) is 42.5 Å². The molecule has 2 aromatic carbocycles. The highest BCUT2D eigenvalue weighted by Gasteiger charge is 2.33. The third kappa shape index (κ3) is 12.5. The Hall–Kier alpha value is -3.02. The Morgan fingerprint density at radius 3 is 2.27 bits per heavy atom. The van der Waals surface area contributed by atoms with E-state index in [0.29, 0.717) is 37.6 Å². The molecule has 0 aliphatic carbocycles. The van der Waals surface area contributed by atoms with Gasteiger partial charge in [0.05, 0.1) is 19.8 Å². The second-order valence-electron chi connectivity index (χ2n) is 11.8. The highest BCUT2D eigenvalue weighted by atomic mass is 19.4. The maximum Gasteiger partial charge on any atom is 0.573 e. The third-order valence-corrected chi connectivity index (χ3v) is 7.78. The third-order valence-electron chi connectivity index (χ3n) is 7.78. The van der Waals surface area contributed by atoms with Crippen LogP contribution in [0.2, 0.25) is 0 Å². The number of halogens is 3. The van der Waals surface area contributed by atoms with Gasteiger partial charge in [0.25, 0.3) is 0 Å². The van der Waals surface area contributed by atoms with E-state index in [-0.39, 0.29) is 47.9 Å². The number of ether oxygens (including phenoxy) is 4. The van der Waals surface area contributed by atoms with E-state index in [9.17, 15) is 23.1 Å². The number of amides is 1. The van der Waals surface area contributed by atoms with Gasteiger partial charge >= 0.3 is 6.36 Å². The number of aliphatic hydroxyl groups is 1. The van der Waals surface area contributed by atoms with Gasteiger partial charge in [0.15, 0.2) is 11.5 Å². The molecule has 0 saturated carbocycles. The molecule has 1 amide bonds. The molecule has 2 aromatic rings. The smallest absolute Gasteiger partial charge is 0.493 e. The molecule has 44 heavy (non-hydrogen) atoms. The highest BCUT2D eigenvalue weighted by Crippen LogP contribution is 2.32. The SMILES string of the molecule is COCCCOc1cc(C[C@@H](C[C@H](N)[C@@H](O)C[C@H](C(=O)NCc2ccccc2OC(F)(F)F)C(C)C)C(C)C)ccc1OC. The molecule has 0 heterocycles. The van der Waals surface area contributed by atoms with E-state index in [0.717, 1.165) is 12.0 Å². The van der Waals surface area contributed by atoms with Crippen LogP contribution in [0.3, 0.4) is 0 Å². The van der Waals surface area contributed by atoms with Crippen LogP contribution < -0.4 is 25.3 Å². The van der Waals surface area contributed by atoms with Gasteiger partial charge in [-0.15, -0.1) is 13.2 Å². The summed E-state index contributed by atoms with van der Waals surface area (Å²) >= 11 is 0. The van der Waals surface area contributed by atoms with Gasteiger partial charge in [-0.25, -0.2) is 0 Å². The van der Waals surface area contributed by atoms with E-state index in [1.807, 2.05) is 32.0 Å². The van der Waals surface area contributed by atoms with Crippen LogP contribution in [-0.4, -0.2) is 57.0 Å². The van der Waals surface area contributed by atoms with E-state index in [4.69, 9.17) is 19.9 Å². The van der Waals surface area contributed by atoms with Crippen molar-refractivity contribution in [3.05, 3.63) is 53.6 Å². The summed E-state index contributed by atoms with van der Waals surface area (Å²) in [5.74, 6) is 0.245. The van der Waals surface area contributed by atoms with Crippen molar-refractivity contribution < 1.29 is 42.0 Å². The van der Waals surface area contributed by atoms with Gasteiger partial charge in [-0.1, -0.05) is 52.0 Å². The van der Waals surface area contributed by atoms with E-state index in [1.165, 1.54) is 18.2 Å². The van der Waals surface area contributed by atoms with Crippen LogP contribution in [0.1, 0.15) is 58.1 Å². The fourth-order valence-corrected chi connectivity index (χ4v) is 5.05. The molecular formula is C33H49F3N2O6. The van der Waals surface area contributed by atoms with Crippen molar-refractivity contribution in [3.63, 3.8) is 0 Å². The quantitative estimate of drug-likeness (QED) is 0.167. The zero-order chi connectivity index (χ0) is 32.9. The molecule has 0 aliphatic rings. The Balaban J connectivity index is 2.04. The first-order valence-electron chi connectivity index (χ1n) is 15.1. The zero-order valence-corrected chi connectivity index (χ0v) is 26.7. The van der Waals surface area contributed by atoms with Gasteiger partial charge in [0.1, 0.15) is 5.75 Å². The Morgan fingerprint density at radius 1 is 0.955 bits per heavy atom. The van der Waals surface area contributed by atoms with Crippen molar-refractivity contribution in [1.82, 2.24) is 5.32 Å². The van der Waals surface area contributed by atoms with Crippen LogP contribution in [0.25, 0.3) is 0 Å². The first-order chi connectivity index (χ1) is 20.7. The minimum Gasteiger partial charge on any atom is -0.493 e. The number of para-hydroxylation sites is 1. The lowest BCUT2D eigenvalue weighted by Gasteiger charge is -2.30. The number of aliphatic hydroxyl groups excluding tert-OH is 1. The van der Waals surface area contributed by atoms with Gasteiger partial charge in [-0.05, 0) is 60.8 Å². The summed E-state index contributed by atoms with van der Waals surface area (Å²) in [6.45, 7) is 8.89. The monoisotopic (exact) mass is 626 g/mol. The normalized spacial score (nSPS) is 14.7. The Labute approximate surface area is 259 Å². The molecule has 11 heteroatoms. The Bertz CT molecular complexity index is 1140. The number of rotatable bonds is 19. The molecule has 8 nitrogen and oxygen atoms in total. The van der Waals surface area contributed by atoms with E-state index in [1.54, 1.807) is 20.3 Å². The lowest BCUT2D eigenvalue weighted by molar-refractivity contribution is -0.274. The summed E-state index contributed by atoms with van der Waals surface area (Å²) in [6, 6.07) is 10.9. The molecule has 0 spiro atoms. The number of hydrogen-bond donors (Lipinski definition) is 3. The van der Waals surface area contributed by atoms with Crippen LogP contribution in [-0.2, 0) is 22.5 Å². The van der Waals surface area contributed by atoms with Crippen LogP contribution >= 0.6 is 0 Å². The fourth-order valence-electron chi connectivity index (χ4n) is 5.05. The number of methoxy groups -OCH3 is 2. The molecule has 0 unspecified atom stereocenters. The molecule has 4 atom stereocenters. The topological polar surface area (TPSA) is 112 Å². The summed E-state index contributed by atoms with van der Waals surface area (Å²) in [5.41, 5.74) is 7.76. The fraction of sp³-hybridized carbons (Fsp3) is 0.606. The number of nitrogens with one attached hydrogen (secondary N) is 1. The predicted molar refractivity (Wildman–Crippen MR) is 164 cm³/mol. The minimum atomic E-state index is -4.85. The molecule has 2 rings (SSSR count). The average Bonchev–Trinajstić information content (AvgIpc) is 2.96. The molecule has 0 aromatic heterocycles. The Kier molecular flexibility index (Phi) is 15.3. The van der Waals surface area contributed by atoms with Gasteiger partial charge < -0.3 is 35.1 Å². The molecule has 0 bridgehead atoms. The molecule has 0 aliphatic heterocycles. The minimum absolute atomic E-state index is 0.123. The molecule has 0 fully saturated rings. The first kappa shape index (κ1) is 37.2. The van der Waals surface area contributed by atoms with Gasteiger partial charge in [0, 0.05) is 44.2 Å². The Morgan fingerprint density at radius 2 is 1.66 bits per heavy atom. The van der Waals surface area contributed by atoms with E-state index >= 15 is 0 Å². The largest absolute Gasteiger partial charge is 0.573 e. The van der Waals surface area contributed by atoms with Crippen LogP contribution in [0.4, 0.5) is 13.2 Å². The number of nitrogens with two attached hydrogens (primary N) is 1. The number of alkyl halides is 3. The second kappa shape index (κ2) is 18.1. The van der Waals surface area contributed by atoms with Crippen molar-refractivity contribution in [2.24, 2.45) is 29.4 Å². The highest BCUT2D eigenvalue weighted by molar-refractivity contribution is 5.79. The van der Waals surface area contributed by atoms with Crippen molar-refractivity contribution in [1.29, 1.82) is 0 Å². The summed E-state index contributed by atoms with van der Waals surface area (Å²) < 4.78 is 58.9. The average molecular weight is 627 g/mol. The number of hydrogen-bond acceptors (Lipinski definition) is 7. The maximum absolute atomic E-state index is 13.1. The summed E-state index contributed by atoms with van der Waals surface area (Å²) in [5, 5.41) is 13.8. The maximum atomic E-state index is 13.1. The van der Waals surface area contributed by atoms with Gasteiger partial charge in [0.2, 0.25) is 5.91 Å². The summed E-state index contributed by atoms with van der Waals surface area (Å²) in [6.07, 6.45) is -3.68. The van der Waals surface area contributed by atoms with Gasteiger partial charge in [-0.2, -0.15) is 0 Å². The van der Waals surface area contributed by atoms with Crippen molar-refractivity contribution in [2.75, 3.05) is 27.4 Å². The summed E-state index contributed by atoms with van der Waals surface area (Å²) in [7, 11) is 3.24. The van der Waals surface area contributed by atoms with Crippen LogP contribution in [0.5, 0.6) is 17.2 Å². The number of carbonyl (C=O) groups excluding carboxylic acids is 1. The lowest BCUT2D eigenvalue weighted by Crippen LogP contribution is -2.42. The van der Waals surface area contributed by atoms with E-state index in [2.05, 4.69) is 23.9 Å². The lowest BCUT2D eigenvalue weighted by atomic mass is 9.81. The van der Waals surface area contributed by atoms with Crippen LogP contribution in [0, 0.1) is 23.7 Å². The molecule has 0 radical (unpaired) electrons. The second-order valence-corrected chi connectivity index (χ2v) is 11.8. The van der Waals surface area contributed by atoms with Crippen molar-refractivity contribution >= 4 is 5.91 Å². The molecule has 248 valence electrons. The number of benzene rings is 2. The molecule has 4 N–H and O–H groups in total. The van der Waals surface area contributed by atoms with Gasteiger partial charge in [-0.3, -0.25) is 4.79 Å². The first-order valence-corrected chi connectivity index (χ1v) is 15.1.